The second-order valence-corrected chi connectivity index (χ2v) is 5.74. The molecular formula is C17H21N3O. The summed E-state index contributed by atoms with van der Waals surface area (Å²) in [7, 11) is 0. The van der Waals surface area contributed by atoms with E-state index in [0.29, 0.717) is 18.1 Å². The standard InChI is InChI=1S/C17H21N3O/c1-2-20-17(18-12-19-20)11-15-10-14(8-9-16(15)21)13-6-4-3-5-7-13/h3-7,12,14-15H,2,8-11H2,1H3. The second kappa shape index (κ2) is 6.20. The Morgan fingerprint density at radius 2 is 2.10 bits per heavy atom. The predicted octanol–water partition coefficient (Wildman–Crippen LogP) is 2.99. The number of aromatic nitrogens is 3. The number of rotatable bonds is 4. The van der Waals surface area contributed by atoms with Crippen LogP contribution in [0.2, 0.25) is 0 Å². The van der Waals surface area contributed by atoms with E-state index in [1.807, 2.05) is 17.7 Å². The number of hydrogen-bond acceptors (Lipinski definition) is 3. The van der Waals surface area contributed by atoms with E-state index in [1.165, 1.54) is 5.56 Å². The first kappa shape index (κ1) is 14.0. The molecule has 4 heteroatoms. The first-order chi connectivity index (χ1) is 10.3. The Bertz CT molecular complexity index is 606. The van der Waals surface area contributed by atoms with E-state index in [2.05, 4.69) is 34.3 Å². The average Bonchev–Trinajstić information content (AvgIpc) is 2.97. The first-order valence-electron chi connectivity index (χ1n) is 7.72. The van der Waals surface area contributed by atoms with Crippen LogP contribution in [0.15, 0.2) is 36.7 Å². The molecule has 1 aromatic heterocycles. The van der Waals surface area contributed by atoms with Crippen molar-refractivity contribution in [1.29, 1.82) is 0 Å². The monoisotopic (exact) mass is 283 g/mol. The molecule has 1 fully saturated rings. The molecule has 1 aliphatic rings. The molecule has 3 rings (SSSR count). The molecule has 1 saturated carbocycles. The number of Topliss-reactive ketones (excluding diaryl/α,β-unsaturated/α-hetero) is 1. The highest BCUT2D eigenvalue weighted by atomic mass is 16.1. The molecule has 1 heterocycles. The van der Waals surface area contributed by atoms with Gasteiger partial charge in [-0.2, -0.15) is 5.10 Å². The number of hydrogen-bond donors (Lipinski definition) is 0. The lowest BCUT2D eigenvalue weighted by atomic mass is 9.76. The summed E-state index contributed by atoms with van der Waals surface area (Å²) in [6.45, 7) is 2.85. The van der Waals surface area contributed by atoms with E-state index in [1.54, 1.807) is 6.33 Å². The molecule has 2 unspecified atom stereocenters. The number of benzene rings is 1. The maximum Gasteiger partial charge on any atom is 0.138 e. The van der Waals surface area contributed by atoms with Crippen molar-refractivity contribution in [3.63, 3.8) is 0 Å². The highest BCUT2D eigenvalue weighted by Gasteiger charge is 2.30. The van der Waals surface area contributed by atoms with Gasteiger partial charge in [0.2, 0.25) is 0 Å². The summed E-state index contributed by atoms with van der Waals surface area (Å²) in [6, 6.07) is 10.5. The van der Waals surface area contributed by atoms with Gasteiger partial charge < -0.3 is 0 Å². The van der Waals surface area contributed by atoms with Crippen LogP contribution in [0.4, 0.5) is 0 Å². The van der Waals surface area contributed by atoms with E-state index < -0.39 is 0 Å². The second-order valence-electron chi connectivity index (χ2n) is 5.74. The molecule has 0 bridgehead atoms. The minimum absolute atomic E-state index is 0.0819. The van der Waals surface area contributed by atoms with Crippen LogP contribution in [0.25, 0.3) is 0 Å². The summed E-state index contributed by atoms with van der Waals surface area (Å²) in [5, 5.41) is 4.20. The topological polar surface area (TPSA) is 47.8 Å². The minimum Gasteiger partial charge on any atom is -0.299 e. The van der Waals surface area contributed by atoms with Crippen molar-refractivity contribution in [2.24, 2.45) is 5.92 Å². The normalized spacial score (nSPS) is 22.4. The molecule has 1 aromatic carbocycles. The lowest BCUT2D eigenvalue weighted by Gasteiger charge is -2.28. The lowest BCUT2D eigenvalue weighted by molar-refractivity contribution is -0.124. The van der Waals surface area contributed by atoms with Crippen LogP contribution in [0, 0.1) is 5.92 Å². The highest BCUT2D eigenvalue weighted by Crippen LogP contribution is 2.35. The largest absolute Gasteiger partial charge is 0.299 e. The molecule has 2 aromatic rings. The third kappa shape index (κ3) is 3.04. The van der Waals surface area contributed by atoms with Crippen molar-refractivity contribution in [2.75, 3.05) is 0 Å². The Morgan fingerprint density at radius 1 is 1.29 bits per heavy atom. The molecule has 2 atom stereocenters. The van der Waals surface area contributed by atoms with Crippen LogP contribution in [0.1, 0.15) is 43.5 Å². The van der Waals surface area contributed by atoms with E-state index in [9.17, 15) is 4.79 Å². The molecule has 1 aliphatic carbocycles. The molecule has 110 valence electrons. The zero-order valence-corrected chi connectivity index (χ0v) is 12.4. The maximum atomic E-state index is 12.2. The van der Waals surface area contributed by atoms with Crippen molar-refractivity contribution >= 4 is 5.78 Å². The molecule has 4 nitrogen and oxygen atoms in total. The molecule has 21 heavy (non-hydrogen) atoms. The molecule has 0 amide bonds. The number of nitrogens with zero attached hydrogens (tertiary/aromatic N) is 3. The van der Waals surface area contributed by atoms with Crippen molar-refractivity contribution < 1.29 is 4.79 Å². The van der Waals surface area contributed by atoms with Gasteiger partial charge in [-0.25, -0.2) is 4.98 Å². The number of carbonyl (C=O) groups is 1. The average molecular weight is 283 g/mol. The van der Waals surface area contributed by atoms with Gasteiger partial charge in [-0.3, -0.25) is 9.48 Å². The van der Waals surface area contributed by atoms with Crippen molar-refractivity contribution in [2.45, 2.75) is 45.1 Å². The summed E-state index contributed by atoms with van der Waals surface area (Å²) in [5.41, 5.74) is 1.35. The van der Waals surface area contributed by atoms with Gasteiger partial charge in [0.1, 0.15) is 17.9 Å². The quantitative estimate of drug-likeness (QED) is 0.866. The number of carbonyl (C=O) groups excluding carboxylic acids is 1. The van der Waals surface area contributed by atoms with Crippen LogP contribution < -0.4 is 0 Å². The zero-order chi connectivity index (χ0) is 14.7. The van der Waals surface area contributed by atoms with Gasteiger partial charge in [-0.05, 0) is 31.2 Å². The van der Waals surface area contributed by atoms with Gasteiger partial charge in [-0.1, -0.05) is 30.3 Å². The zero-order valence-electron chi connectivity index (χ0n) is 12.4. The van der Waals surface area contributed by atoms with Gasteiger partial charge in [0.15, 0.2) is 0 Å². The summed E-state index contributed by atoms with van der Waals surface area (Å²) in [5.74, 6) is 1.89. The Labute approximate surface area is 125 Å². The van der Waals surface area contributed by atoms with Crippen LogP contribution in [0.3, 0.4) is 0 Å². The molecular weight excluding hydrogens is 262 g/mol. The summed E-state index contributed by atoms with van der Waals surface area (Å²) in [4.78, 5) is 16.6. The Morgan fingerprint density at radius 3 is 2.86 bits per heavy atom. The van der Waals surface area contributed by atoms with Gasteiger partial charge in [-0.15, -0.1) is 0 Å². The molecule has 0 N–H and O–H groups in total. The van der Waals surface area contributed by atoms with E-state index in [-0.39, 0.29) is 5.92 Å². The lowest BCUT2D eigenvalue weighted by Crippen LogP contribution is -2.27. The Balaban J connectivity index is 1.73. The third-order valence-electron chi connectivity index (χ3n) is 4.46. The van der Waals surface area contributed by atoms with Gasteiger partial charge in [0, 0.05) is 25.3 Å². The Kier molecular flexibility index (Phi) is 4.13. The predicted molar refractivity (Wildman–Crippen MR) is 80.9 cm³/mol. The minimum atomic E-state index is 0.0819. The van der Waals surface area contributed by atoms with E-state index >= 15 is 0 Å². The van der Waals surface area contributed by atoms with Crippen molar-refractivity contribution in [3.05, 3.63) is 48.0 Å². The van der Waals surface area contributed by atoms with Crippen LogP contribution in [-0.2, 0) is 17.8 Å². The maximum absolute atomic E-state index is 12.2. The molecule has 0 radical (unpaired) electrons. The first-order valence-corrected chi connectivity index (χ1v) is 7.72. The molecule has 0 saturated heterocycles. The summed E-state index contributed by atoms with van der Waals surface area (Å²) in [6.07, 6.45) is 4.89. The smallest absolute Gasteiger partial charge is 0.138 e. The molecule has 0 spiro atoms. The summed E-state index contributed by atoms with van der Waals surface area (Å²) >= 11 is 0. The van der Waals surface area contributed by atoms with Crippen LogP contribution in [-0.4, -0.2) is 20.5 Å². The highest BCUT2D eigenvalue weighted by molar-refractivity contribution is 5.82. The third-order valence-corrected chi connectivity index (χ3v) is 4.46. The Hall–Kier alpha value is -1.97. The van der Waals surface area contributed by atoms with Crippen LogP contribution in [0.5, 0.6) is 0 Å². The van der Waals surface area contributed by atoms with Crippen molar-refractivity contribution in [1.82, 2.24) is 14.8 Å². The van der Waals surface area contributed by atoms with E-state index in [4.69, 9.17) is 0 Å². The van der Waals surface area contributed by atoms with Gasteiger partial charge in [0.05, 0.1) is 0 Å². The number of aryl methyl sites for hydroxylation is 1. The fourth-order valence-electron chi connectivity index (χ4n) is 3.27. The fourth-order valence-corrected chi connectivity index (χ4v) is 3.27. The fraction of sp³-hybridized carbons (Fsp3) is 0.471. The SMILES string of the molecule is CCn1ncnc1CC1CC(c2ccccc2)CCC1=O. The number of ketones is 1. The molecule has 0 aliphatic heterocycles. The van der Waals surface area contributed by atoms with Crippen LogP contribution >= 0.6 is 0 Å². The van der Waals surface area contributed by atoms with Gasteiger partial charge >= 0.3 is 0 Å². The summed E-state index contributed by atoms with van der Waals surface area (Å²) < 4.78 is 1.89. The van der Waals surface area contributed by atoms with Gasteiger partial charge in [0.25, 0.3) is 0 Å². The van der Waals surface area contributed by atoms with Crippen molar-refractivity contribution in [3.8, 4) is 0 Å². The van der Waals surface area contributed by atoms with E-state index in [0.717, 1.165) is 31.6 Å².